The van der Waals surface area contributed by atoms with E-state index in [4.69, 9.17) is 22.1 Å². The molecule has 0 aliphatic rings. The van der Waals surface area contributed by atoms with Gasteiger partial charge in [0.2, 0.25) is 0 Å². The molecule has 1 heterocycles. The number of carbonyl (C=O) groups excluding carboxylic acids is 1. The van der Waals surface area contributed by atoms with Gasteiger partial charge in [-0.05, 0) is 49.1 Å². The summed E-state index contributed by atoms with van der Waals surface area (Å²) in [5.41, 5.74) is 7.32. The minimum Gasteiger partial charge on any atom is -0.484 e. The van der Waals surface area contributed by atoms with Crippen molar-refractivity contribution in [2.75, 3.05) is 26.2 Å². The van der Waals surface area contributed by atoms with E-state index in [0.29, 0.717) is 17.4 Å². The van der Waals surface area contributed by atoms with Crippen LogP contribution in [0.4, 0.5) is 0 Å². The average Bonchev–Trinajstić information content (AvgIpc) is 2.69. The van der Waals surface area contributed by atoms with Crippen molar-refractivity contribution in [3.05, 3.63) is 58.9 Å². The number of benzene rings is 1. The number of guanidine groups is 1. The lowest BCUT2D eigenvalue weighted by Crippen LogP contribution is -2.38. The minimum absolute atomic E-state index is 0. The Hall–Kier alpha value is -2.07. The molecule has 29 heavy (non-hydrogen) atoms. The monoisotopic (exact) mass is 531 g/mol. The number of pyridine rings is 1. The first-order valence-electron chi connectivity index (χ1n) is 9.19. The third-order valence-corrected chi connectivity index (χ3v) is 4.04. The number of ether oxygens (including phenoxy) is 1. The van der Waals surface area contributed by atoms with E-state index in [9.17, 15) is 4.79 Å². The largest absolute Gasteiger partial charge is 0.484 e. The molecule has 0 fully saturated rings. The Labute approximate surface area is 193 Å². The maximum Gasteiger partial charge on any atom is 0.255 e. The van der Waals surface area contributed by atoms with Gasteiger partial charge in [-0.2, -0.15) is 0 Å². The van der Waals surface area contributed by atoms with Gasteiger partial charge in [-0.15, -0.1) is 24.0 Å². The Balaban J connectivity index is 0.00000420. The van der Waals surface area contributed by atoms with E-state index in [1.165, 1.54) is 0 Å². The van der Waals surface area contributed by atoms with Crippen molar-refractivity contribution in [2.24, 2.45) is 10.7 Å². The highest BCUT2D eigenvalue weighted by Gasteiger charge is 2.01. The van der Waals surface area contributed by atoms with Crippen LogP contribution in [0.3, 0.4) is 0 Å². The van der Waals surface area contributed by atoms with Crippen molar-refractivity contribution in [3.8, 4) is 5.75 Å². The summed E-state index contributed by atoms with van der Waals surface area (Å²) in [7, 11) is 0. The van der Waals surface area contributed by atoms with Crippen molar-refractivity contribution < 1.29 is 9.53 Å². The summed E-state index contributed by atoms with van der Waals surface area (Å²) in [4.78, 5) is 19.4. The lowest BCUT2D eigenvalue weighted by Gasteiger charge is -2.11. The molecule has 0 bridgehead atoms. The highest BCUT2D eigenvalue weighted by molar-refractivity contribution is 14.0. The van der Waals surface area contributed by atoms with Crippen LogP contribution in [0.1, 0.15) is 18.1 Å². The predicted octanol–water partition coefficient (Wildman–Crippen LogP) is 2.56. The van der Waals surface area contributed by atoms with Crippen molar-refractivity contribution in [3.63, 3.8) is 0 Å². The SMILES string of the molecule is CCNC(=NCCc1ccc(OCC(N)=O)cc1)NCCc1ccc(Cl)nc1.I. The van der Waals surface area contributed by atoms with Crippen molar-refractivity contribution in [2.45, 2.75) is 19.8 Å². The second kappa shape index (κ2) is 14.0. The van der Waals surface area contributed by atoms with Crippen molar-refractivity contribution >= 4 is 47.4 Å². The number of primary amides is 1. The van der Waals surface area contributed by atoms with Gasteiger partial charge in [0.05, 0.1) is 0 Å². The van der Waals surface area contributed by atoms with E-state index in [2.05, 4.69) is 20.6 Å². The van der Waals surface area contributed by atoms with Gasteiger partial charge in [0.15, 0.2) is 12.6 Å². The van der Waals surface area contributed by atoms with E-state index < -0.39 is 5.91 Å². The standard InChI is InChI=1S/C20H26ClN5O2.HI/c1-2-23-20(25-12-10-16-5-8-18(21)26-13-16)24-11-9-15-3-6-17(7-4-15)28-14-19(22)27;/h3-8,13H,2,9-12,14H2,1H3,(H2,22,27)(H2,23,24,25);1H. The zero-order valence-corrected chi connectivity index (χ0v) is 19.4. The number of rotatable bonds is 10. The molecule has 0 unspecified atom stereocenters. The van der Waals surface area contributed by atoms with E-state index >= 15 is 0 Å². The molecular weight excluding hydrogens is 505 g/mol. The van der Waals surface area contributed by atoms with Crippen LogP contribution < -0.4 is 21.1 Å². The quantitative estimate of drug-likeness (QED) is 0.189. The van der Waals surface area contributed by atoms with Crippen LogP contribution in [0.15, 0.2) is 47.6 Å². The fraction of sp³-hybridized carbons (Fsp3) is 0.350. The number of nitrogens with zero attached hydrogens (tertiary/aromatic N) is 2. The first kappa shape index (κ1) is 25.0. The summed E-state index contributed by atoms with van der Waals surface area (Å²) in [6, 6.07) is 11.3. The molecule has 0 saturated heterocycles. The molecule has 1 aromatic carbocycles. The number of nitrogens with two attached hydrogens (primary N) is 1. The van der Waals surface area contributed by atoms with Crippen LogP contribution in [0.5, 0.6) is 5.75 Å². The summed E-state index contributed by atoms with van der Waals surface area (Å²) in [6.07, 6.45) is 3.42. The average molecular weight is 532 g/mol. The van der Waals surface area contributed by atoms with Crippen LogP contribution in [-0.2, 0) is 17.6 Å². The fourth-order valence-corrected chi connectivity index (χ4v) is 2.54. The Morgan fingerprint density at radius 2 is 1.86 bits per heavy atom. The number of hydrogen-bond donors (Lipinski definition) is 3. The minimum atomic E-state index is -0.491. The first-order chi connectivity index (χ1) is 13.6. The summed E-state index contributed by atoms with van der Waals surface area (Å²) < 4.78 is 5.25. The molecular formula is C20H27ClIN5O2. The Morgan fingerprint density at radius 1 is 1.14 bits per heavy atom. The van der Waals surface area contributed by atoms with Gasteiger partial charge >= 0.3 is 0 Å². The van der Waals surface area contributed by atoms with Crippen LogP contribution in [0, 0.1) is 0 Å². The summed E-state index contributed by atoms with van der Waals surface area (Å²) in [6.45, 7) is 4.11. The summed E-state index contributed by atoms with van der Waals surface area (Å²) in [5.74, 6) is 0.915. The van der Waals surface area contributed by atoms with Gasteiger partial charge in [-0.3, -0.25) is 9.79 Å². The number of carbonyl (C=O) groups is 1. The summed E-state index contributed by atoms with van der Waals surface area (Å²) >= 11 is 5.80. The first-order valence-corrected chi connectivity index (χ1v) is 9.57. The fourth-order valence-electron chi connectivity index (χ4n) is 2.42. The molecule has 1 amide bonds. The number of halogens is 2. The Bertz CT molecular complexity index is 769. The molecule has 1 aromatic heterocycles. The van der Waals surface area contributed by atoms with Crippen molar-refractivity contribution in [1.82, 2.24) is 15.6 Å². The lowest BCUT2D eigenvalue weighted by atomic mass is 10.1. The molecule has 0 saturated carbocycles. The topological polar surface area (TPSA) is 102 Å². The third kappa shape index (κ3) is 10.3. The van der Waals surface area contributed by atoms with Gasteiger partial charge in [0, 0.05) is 25.8 Å². The van der Waals surface area contributed by atoms with Gasteiger partial charge in [0.25, 0.3) is 5.91 Å². The number of hydrogen-bond acceptors (Lipinski definition) is 4. The van der Waals surface area contributed by atoms with Crippen molar-refractivity contribution in [1.29, 1.82) is 0 Å². The molecule has 158 valence electrons. The highest BCUT2D eigenvalue weighted by atomic mass is 127. The van der Waals surface area contributed by atoms with Gasteiger partial charge in [0.1, 0.15) is 10.9 Å². The van der Waals surface area contributed by atoms with E-state index in [1.807, 2.05) is 37.3 Å². The maximum absolute atomic E-state index is 10.7. The normalized spacial score (nSPS) is 10.8. The molecule has 0 atom stereocenters. The second-order valence-corrected chi connectivity index (χ2v) is 6.46. The lowest BCUT2D eigenvalue weighted by molar-refractivity contribution is -0.119. The Morgan fingerprint density at radius 3 is 2.48 bits per heavy atom. The van der Waals surface area contributed by atoms with Gasteiger partial charge in [-0.25, -0.2) is 4.98 Å². The molecule has 0 radical (unpaired) electrons. The molecule has 0 aliphatic carbocycles. The third-order valence-electron chi connectivity index (χ3n) is 3.81. The van der Waals surface area contributed by atoms with Crippen LogP contribution in [0.2, 0.25) is 5.15 Å². The second-order valence-electron chi connectivity index (χ2n) is 6.08. The molecule has 2 rings (SSSR count). The molecule has 9 heteroatoms. The molecule has 0 spiro atoms. The number of amides is 1. The van der Waals surface area contributed by atoms with Crippen LogP contribution in [0.25, 0.3) is 0 Å². The number of aliphatic imine (C=N–C) groups is 1. The van der Waals surface area contributed by atoms with E-state index in [-0.39, 0.29) is 30.6 Å². The molecule has 7 nitrogen and oxygen atoms in total. The Kier molecular flexibility index (Phi) is 12.1. The van der Waals surface area contributed by atoms with Gasteiger partial charge < -0.3 is 21.1 Å². The molecule has 0 aliphatic heterocycles. The van der Waals surface area contributed by atoms with E-state index in [1.54, 1.807) is 12.3 Å². The maximum atomic E-state index is 10.7. The van der Waals surface area contributed by atoms with Gasteiger partial charge in [-0.1, -0.05) is 29.8 Å². The van der Waals surface area contributed by atoms with Crippen LogP contribution in [-0.4, -0.2) is 43.1 Å². The zero-order chi connectivity index (χ0) is 20.2. The zero-order valence-electron chi connectivity index (χ0n) is 16.4. The highest BCUT2D eigenvalue weighted by Crippen LogP contribution is 2.12. The molecule has 4 N–H and O–H groups in total. The number of nitrogens with one attached hydrogen (secondary N) is 2. The summed E-state index contributed by atoms with van der Waals surface area (Å²) in [5, 5.41) is 7.06. The predicted molar refractivity (Wildman–Crippen MR) is 127 cm³/mol. The van der Waals surface area contributed by atoms with Crippen LogP contribution >= 0.6 is 35.6 Å². The molecule has 2 aromatic rings. The number of aromatic nitrogens is 1. The smallest absolute Gasteiger partial charge is 0.255 e. The van der Waals surface area contributed by atoms with E-state index in [0.717, 1.165) is 43.0 Å².